The number of hydrogen-bond acceptors (Lipinski definition) is 7. The Morgan fingerprint density at radius 1 is 1.12 bits per heavy atom. The second-order valence-electron chi connectivity index (χ2n) is 7.29. The smallest absolute Gasteiger partial charge is 0.278 e. The zero-order chi connectivity index (χ0) is 24.2. The molecule has 0 spiro atoms. The summed E-state index contributed by atoms with van der Waals surface area (Å²) in [5, 5.41) is 12.4. The fourth-order valence-corrected chi connectivity index (χ4v) is 4.63. The molecule has 1 amide bonds. The number of thioether (sulfide) groups is 1. The first-order chi connectivity index (χ1) is 16.3. The van der Waals surface area contributed by atoms with Gasteiger partial charge < -0.3 is 10.1 Å². The van der Waals surface area contributed by atoms with E-state index in [2.05, 4.69) is 41.5 Å². The van der Waals surface area contributed by atoms with Crippen molar-refractivity contribution in [3.05, 3.63) is 80.8 Å². The summed E-state index contributed by atoms with van der Waals surface area (Å²) in [5.74, 6) is 0.431. The molecule has 0 atom stereocenters. The summed E-state index contributed by atoms with van der Waals surface area (Å²) in [6, 6.07) is 14.5. The summed E-state index contributed by atoms with van der Waals surface area (Å²) < 4.78 is 7.92. The Kier molecular flexibility index (Phi) is 7.50. The summed E-state index contributed by atoms with van der Waals surface area (Å²) >= 11 is 11.0. The van der Waals surface area contributed by atoms with Crippen LogP contribution in [0.2, 0.25) is 5.02 Å². The molecule has 0 saturated heterocycles. The number of aryl methyl sites for hydroxylation is 2. The van der Waals surface area contributed by atoms with Gasteiger partial charge in [-0.25, -0.2) is 14.6 Å². The van der Waals surface area contributed by atoms with Crippen molar-refractivity contribution in [3.8, 4) is 11.4 Å². The first kappa shape index (κ1) is 24.2. The molecule has 8 nitrogen and oxygen atoms in total. The van der Waals surface area contributed by atoms with Crippen LogP contribution in [0.4, 0.5) is 5.69 Å². The van der Waals surface area contributed by atoms with E-state index in [-0.39, 0.29) is 5.69 Å². The lowest BCUT2D eigenvalue weighted by atomic mass is 10.2. The minimum Gasteiger partial charge on any atom is -0.495 e. The van der Waals surface area contributed by atoms with E-state index in [4.69, 9.17) is 16.3 Å². The Labute approximate surface area is 214 Å². The number of carbonyl (C=O) groups excluding carboxylic acids is 1. The molecule has 4 rings (SSSR count). The molecular formula is C23H20BrClN6O2S. The maximum Gasteiger partial charge on any atom is 0.278 e. The number of ether oxygens (including phenoxy) is 1. The van der Waals surface area contributed by atoms with Gasteiger partial charge in [0.05, 0.1) is 24.2 Å². The van der Waals surface area contributed by atoms with E-state index in [0.29, 0.717) is 33.1 Å². The van der Waals surface area contributed by atoms with Gasteiger partial charge >= 0.3 is 0 Å². The maximum atomic E-state index is 13.3. The topological polar surface area (TPSA) is 94.8 Å². The largest absolute Gasteiger partial charge is 0.495 e. The number of amides is 1. The molecule has 2 aromatic carbocycles. The molecule has 0 unspecified atom stereocenters. The van der Waals surface area contributed by atoms with Gasteiger partial charge in [-0.3, -0.25) is 4.79 Å². The van der Waals surface area contributed by atoms with Crippen molar-refractivity contribution in [2.45, 2.75) is 24.8 Å². The van der Waals surface area contributed by atoms with Gasteiger partial charge in [-0.15, -0.1) is 5.10 Å². The van der Waals surface area contributed by atoms with Gasteiger partial charge in [0.1, 0.15) is 5.75 Å². The first-order valence-electron chi connectivity index (χ1n) is 10.1. The third-order valence-corrected chi connectivity index (χ3v) is 6.38. The summed E-state index contributed by atoms with van der Waals surface area (Å²) in [6.07, 6.45) is 0. The highest BCUT2D eigenvalue weighted by molar-refractivity contribution is 9.10. The van der Waals surface area contributed by atoms with E-state index in [1.54, 1.807) is 22.9 Å². The third-order valence-electron chi connectivity index (χ3n) is 4.76. The molecule has 2 aromatic heterocycles. The van der Waals surface area contributed by atoms with Crippen LogP contribution in [-0.2, 0) is 5.75 Å². The fourth-order valence-electron chi connectivity index (χ4n) is 3.25. The Morgan fingerprint density at radius 2 is 1.82 bits per heavy atom. The average Bonchev–Trinajstić information content (AvgIpc) is 3.22. The van der Waals surface area contributed by atoms with Gasteiger partial charge in [-0.1, -0.05) is 44.5 Å². The number of benzene rings is 2. The number of aromatic nitrogens is 5. The third kappa shape index (κ3) is 5.57. The molecule has 1 N–H and O–H groups in total. The average molecular weight is 560 g/mol. The second kappa shape index (κ2) is 10.5. The molecule has 0 bridgehead atoms. The number of rotatable bonds is 7. The van der Waals surface area contributed by atoms with Crippen LogP contribution in [-0.4, -0.2) is 38.0 Å². The van der Waals surface area contributed by atoms with Crippen LogP contribution in [0.5, 0.6) is 5.75 Å². The van der Waals surface area contributed by atoms with Crippen LogP contribution in [0.25, 0.3) is 5.69 Å². The van der Waals surface area contributed by atoms with Crippen LogP contribution in [0.3, 0.4) is 0 Å². The number of halogens is 2. The lowest BCUT2D eigenvalue weighted by molar-refractivity contribution is 0.102. The number of hydrogen-bond donors (Lipinski definition) is 1. The predicted molar refractivity (Wildman–Crippen MR) is 136 cm³/mol. The van der Waals surface area contributed by atoms with Crippen LogP contribution in [0, 0.1) is 13.8 Å². The van der Waals surface area contributed by atoms with Gasteiger partial charge in [-0.2, -0.15) is 0 Å². The lowest BCUT2D eigenvalue weighted by Gasteiger charge is -2.11. The van der Waals surface area contributed by atoms with Crippen LogP contribution < -0.4 is 10.1 Å². The number of nitrogens with one attached hydrogen (secondary N) is 1. The van der Waals surface area contributed by atoms with Crippen molar-refractivity contribution in [2.75, 3.05) is 12.4 Å². The monoisotopic (exact) mass is 558 g/mol. The van der Waals surface area contributed by atoms with Crippen molar-refractivity contribution >= 4 is 50.9 Å². The Hall–Kier alpha value is -2.95. The Balaban J connectivity index is 1.69. The number of carbonyl (C=O) groups is 1. The summed E-state index contributed by atoms with van der Waals surface area (Å²) in [5.41, 5.74) is 3.75. The highest BCUT2D eigenvalue weighted by atomic mass is 79.9. The normalized spacial score (nSPS) is 10.9. The highest BCUT2D eigenvalue weighted by Crippen LogP contribution is 2.29. The molecule has 0 aliphatic heterocycles. The minimum absolute atomic E-state index is 0.182. The molecule has 0 aliphatic carbocycles. The van der Waals surface area contributed by atoms with Crippen molar-refractivity contribution < 1.29 is 9.53 Å². The van der Waals surface area contributed by atoms with Crippen molar-refractivity contribution in [3.63, 3.8) is 0 Å². The van der Waals surface area contributed by atoms with Gasteiger partial charge in [-0.05, 0) is 62.4 Å². The lowest BCUT2D eigenvalue weighted by Crippen LogP contribution is -2.16. The SMILES string of the molecule is COc1ccc(Cl)cc1NC(=O)c1nnn(-c2ccc(Br)cc2)c1CSc1nc(C)cc(C)n1. The van der Waals surface area contributed by atoms with E-state index in [0.717, 1.165) is 21.5 Å². The number of anilines is 1. The molecule has 0 fully saturated rings. The van der Waals surface area contributed by atoms with Gasteiger partial charge in [0.2, 0.25) is 0 Å². The van der Waals surface area contributed by atoms with Crippen LogP contribution in [0.1, 0.15) is 27.6 Å². The number of nitrogens with zero attached hydrogens (tertiary/aromatic N) is 5. The zero-order valence-corrected chi connectivity index (χ0v) is 21.7. The Bertz CT molecular complexity index is 1330. The molecule has 34 heavy (non-hydrogen) atoms. The van der Waals surface area contributed by atoms with Crippen molar-refractivity contribution in [2.24, 2.45) is 0 Å². The quantitative estimate of drug-likeness (QED) is 0.231. The second-order valence-corrected chi connectivity index (χ2v) is 9.59. The van der Waals surface area contributed by atoms with E-state index >= 15 is 0 Å². The molecule has 2 heterocycles. The Morgan fingerprint density at radius 3 is 2.50 bits per heavy atom. The molecule has 4 aromatic rings. The summed E-state index contributed by atoms with van der Waals surface area (Å²) in [7, 11) is 1.52. The molecule has 174 valence electrons. The maximum absolute atomic E-state index is 13.3. The van der Waals surface area contributed by atoms with Crippen molar-refractivity contribution in [1.82, 2.24) is 25.0 Å². The predicted octanol–water partition coefficient (Wildman–Crippen LogP) is 5.64. The molecular weight excluding hydrogens is 540 g/mol. The van der Waals surface area contributed by atoms with Crippen LogP contribution >= 0.6 is 39.3 Å². The fraction of sp³-hybridized carbons (Fsp3) is 0.174. The highest BCUT2D eigenvalue weighted by Gasteiger charge is 2.22. The molecule has 0 radical (unpaired) electrons. The van der Waals surface area contributed by atoms with E-state index in [1.807, 2.05) is 44.2 Å². The summed E-state index contributed by atoms with van der Waals surface area (Å²) in [6.45, 7) is 3.84. The van der Waals surface area contributed by atoms with Gasteiger partial charge in [0, 0.05) is 26.6 Å². The zero-order valence-electron chi connectivity index (χ0n) is 18.5. The number of methoxy groups -OCH3 is 1. The molecule has 0 aliphatic rings. The molecule has 11 heteroatoms. The standard InChI is InChI=1S/C23H20BrClN6O2S/c1-13-10-14(2)27-23(26-13)34-12-19-21(29-30-31(19)17-7-4-15(24)5-8-17)22(32)28-18-11-16(25)6-9-20(18)33-3/h4-11H,12H2,1-3H3,(H,28,32). The van der Waals surface area contributed by atoms with Crippen molar-refractivity contribution in [1.29, 1.82) is 0 Å². The van der Waals surface area contributed by atoms with Gasteiger partial charge in [0.15, 0.2) is 10.9 Å². The minimum atomic E-state index is -0.430. The summed E-state index contributed by atoms with van der Waals surface area (Å²) in [4.78, 5) is 22.2. The van der Waals surface area contributed by atoms with E-state index < -0.39 is 5.91 Å². The van der Waals surface area contributed by atoms with E-state index in [9.17, 15) is 4.79 Å². The van der Waals surface area contributed by atoms with Gasteiger partial charge in [0.25, 0.3) is 5.91 Å². The first-order valence-corrected chi connectivity index (χ1v) is 12.3. The molecule has 0 saturated carbocycles. The van der Waals surface area contributed by atoms with Crippen LogP contribution in [0.15, 0.2) is 58.2 Å². The van der Waals surface area contributed by atoms with E-state index in [1.165, 1.54) is 18.9 Å².